The van der Waals surface area contributed by atoms with Crippen LogP contribution in [0.3, 0.4) is 0 Å². The Morgan fingerprint density at radius 2 is 1.76 bits per heavy atom. The summed E-state index contributed by atoms with van der Waals surface area (Å²) in [6, 6.07) is 15.0. The molecule has 0 radical (unpaired) electrons. The van der Waals surface area contributed by atoms with Crippen LogP contribution >= 0.6 is 0 Å². The largest absolute Gasteiger partial charge is 0.496 e. The minimum Gasteiger partial charge on any atom is -0.496 e. The van der Waals surface area contributed by atoms with E-state index in [4.69, 9.17) is 9.47 Å². The second kappa shape index (κ2) is 9.43. The number of hydrogen-bond donors (Lipinski definition) is 1. The van der Waals surface area contributed by atoms with Gasteiger partial charge in [-0.25, -0.2) is 0 Å². The number of methoxy groups -OCH3 is 2. The van der Waals surface area contributed by atoms with E-state index in [-0.39, 0.29) is 24.3 Å². The molecule has 4 rings (SSSR count). The van der Waals surface area contributed by atoms with Gasteiger partial charge in [0.15, 0.2) is 0 Å². The predicted octanol–water partition coefficient (Wildman–Crippen LogP) is 3.91. The van der Waals surface area contributed by atoms with Crippen molar-refractivity contribution in [3.8, 4) is 22.8 Å². The van der Waals surface area contributed by atoms with Crippen molar-refractivity contribution in [2.45, 2.75) is 26.7 Å². The van der Waals surface area contributed by atoms with Gasteiger partial charge < -0.3 is 19.4 Å². The molecule has 2 aromatic carbocycles. The zero-order valence-electron chi connectivity index (χ0n) is 20.0. The molecule has 0 saturated heterocycles. The van der Waals surface area contributed by atoms with Gasteiger partial charge in [-0.05, 0) is 50.1 Å². The highest BCUT2D eigenvalue weighted by atomic mass is 16.5. The van der Waals surface area contributed by atoms with Crippen LogP contribution in [0.25, 0.3) is 16.9 Å². The SMILES string of the molecule is COc1ccc(C)cc1NC(=O)CCc1c(C)n(C)c2cc(-c3ccccc3OC)nn2c1=O. The lowest BCUT2D eigenvalue weighted by Crippen LogP contribution is -2.26. The van der Waals surface area contributed by atoms with Gasteiger partial charge >= 0.3 is 0 Å². The summed E-state index contributed by atoms with van der Waals surface area (Å²) in [7, 11) is 5.05. The molecule has 0 fully saturated rings. The fourth-order valence-corrected chi connectivity index (χ4v) is 4.06. The summed E-state index contributed by atoms with van der Waals surface area (Å²) < 4.78 is 14.1. The molecule has 1 amide bonds. The third-order valence-corrected chi connectivity index (χ3v) is 6.04. The van der Waals surface area contributed by atoms with Crippen LogP contribution in [-0.4, -0.2) is 34.3 Å². The maximum absolute atomic E-state index is 13.3. The highest BCUT2D eigenvalue weighted by Gasteiger charge is 2.18. The van der Waals surface area contributed by atoms with Crippen LogP contribution in [-0.2, 0) is 18.3 Å². The van der Waals surface area contributed by atoms with Gasteiger partial charge in [0.25, 0.3) is 5.56 Å². The number of carbonyl (C=O) groups excluding carboxylic acids is 1. The summed E-state index contributed by atoms with van der Waals surface area (Å²) >= 11 is 0. The second-order valence-corrected chi connectivity index (χ2v) is 8.18. The summed E-state index contributed by atoms with van der Waals surface area (Å²) in [6.07, 6.45) is 0.442. The molecule has 4 aromatic rings. The van der Waals surface area contributed by atoms with E-state index in [0.29, 0.717) is 34.1 Å². The summed E-state index contributed by atoms with van der Waals surface area (Å²) in [6.45, 7) is 3.83. The Balaban J connectivity index is 1.63. The van der Waals surface area contributed by atoms with E-state index in [1.807, 2.05) is 74.0 Å². The van der Waals surface area contributed by atoms with Crippen LogP contribution in [0.15, 0.2) is 53.3 Å². The van der Waals surface area contributed by atoms with Crippen LogP contribution < -0.4 is 20.3 Å². The zero-order valence-corrected chi connectivity index (χ0v) is 20.0. The second-order valence-electron chi connectivity index (χ2n) is 8.18. The van der Waals surface area contributed by atoms with Gasteiger partial charge in [0.05, 0.1) is 25.6 Å². The van der Waals surface area contributed by atoms with Crippen LogP contribution in [0, 0.1) is 13.8 Å². The van der Waals surface area contributed by atoms with Gasteiger partial charge in [0, 0.05) is 36.4 Å². The number of para-hydroxylation sites is 1. The van der Waals surface area contributed by atoms with Crippen molar-refractivity contribution in [3.05, 3.63) is 75.7 Å². The molecule has 0 bridgehead atoms. The van der Waals surface area contributed by atoms with Gasteiger partial charge in [0.2, 0.25) is 5.91 Å². The van der Waals surface area contributed by atoms with Crippen molar-refractivity contribution in [3.63, 3.8) is 0 Å². The number of ether oxygens (including phenoxy) is 2. The summed E-state index contributed by atoms with van der Waals surface area (Å²) in [5, 5.41) is 7.46. The Bertz CT molecular complexity index is 1440. The normalized spacial score (nSPS) is 11.0. The van der Waals surface area contributed by atoms with Crippen molar-refractivity contribution in [1.29, 1.82) is 0 Å². The Kier molecular flexibility index (Phi) is 6.40. The third kappa shape index (κ3) is 4.26. The van der Waals surface area contributed by atoms with Crippen LogP contribution in [0.2, 0.25) is 0 Å². The average Bonchev–Trinajstić information content (AvgIpc) is 3.28. The average molecular weight is 461 g/mol. The van der Waals surface area contributed by atoms with E-state index >= 15 is 0 Å². The number of rotatable bonds is 7. The van der Waals surface area contributed by atoms with Crippen molar-refractivity contribution >= 4 is 17.2 Å². The van der Waals surface area contributed by atoms with Gasteiger partial charge in [-0.3, -0.25) is 9.59 Å². The number of anilines is 1. The molecule has 176 valence electrons. The number of fused-ring (bicyclic) bond motifs is 1. The number of nitrogens with zero attached hydrogens (tertiary/aromatic N) is 3. The van der Waals surface area contributed by atoms with E-state index in [2.05, 4.69) is 10.4 Å². The van der Waals surface area contributed by atoms with Crippen molar-refractivity contribution in [2.24, 2.45) is 7.05 Å². The highest BCUT2D eigenvalue weighted by Crippen LogP contribution is 2.29. The topological polar surface area (TPSA) is 86.9 Å². The zero-order chi connectivity index (χ0) is 24.4. The minimum atomic E-state index is -0.229. The van der Waals surface area contributed by atoms with E-state index in [9.17, 15) is 9.59 Å². The molecule has 0 saturated carbocycles. The quantitative estimate of drug-likeness (QED) is 0.452. The molecule has 0 aliphatic carbocycles. The Morgan fingerprint density at radius 3 is 2.50 bits per heavy atom. The molecule has 2 aromatic heterocycles. The van der Waals surface area contributed by atoms with Crippen LogP contribution in [0.1, 0.15) is 23.2 Å². The minimum absolute atomic E-state index is 0.152. The molecule has 1 N–H and O–H groups in total. The monoisotopic (exact) mass is 460 g/mol. The molecule has 8 nitrogen and oxygen atoms in total. The fraction of sp³-hybridized carbons (Fsp3) is 0.269. The molecule has 0 spiro atoms. The molecule has 2 heterocycles. The fourth-order valence-electron chi connectivity index (χ4n) is 4.06. The summed E-state index contributed by atoms with van der Waals surface area (Å²) in [5.41, 5.74) is 4.86. The van der Waals surface area contributed by atoms with E-state index in [0.717, 1.165) is 16.8 Å². The summed E-state index contributed by atoms with van der Waals surface area (Å²) in [5.74, 6) is 1.08. The third-order valence-electron chi connectivity index (χ3n) is 6.04. The van der Waals surface area contributed by atoms with Crippen LogP contribution in [0.4, 0.5) is 5.69 Å². The van der Waals surface area contributed by atoms with E-state index < -0.39 is 0 Å². The molecule has 0 atom stereocenters. The smallest absolute Gasteiger partial charge is 0.277 e. The molecule has 0 unspecified atom stereocenters. The molecule has 8 heteroatoms. The van der Waals surface area contributed by atoms with Gasteiger partial charge in [-0.2, -0.15) is 9.61 Å². The number of benzene rings is 2. The lowest BCUT2D eigenvalue weighted by atomic mass is 10.1. The molecule has 0 aliphatic rings. The maximum Gasteiger partial charge on any atom is 0.277 e. The first-order valence-electron chi connectivity index (χ1n) is 11.0. The van der Waals surface area contributed by atoms with E-state index in [1.165, 1.54) is 4.52 Å². The summed E-state index contributed by atoms with van der Waals surface area (Å²) in [4.78, 5) is 26.0. The Labute approximate surface area is 197 Å². The van der Waals surface area contributed by atoms with Gasteiger partial charge in [-0.15, -0.1) is 0 Å². The Morgan fingerprint density at radius 1 is 1.03 bits per heavy atom. The molecule has 0 aliphatic heterocycles. The predicted molar refractivity (Wildman–Crippen MR) is 132 cm³/mol. The first-order chi connectivity index (χ1) is 16.3. The highest BCUT2D eigenvalue weighted by molar-refractivity contribution is 5.92. The van der Waals surface area contributed by atoms with Crippen molar-refractivity contribution in [1.82, 2.24) is 14.2 Å². The standard InChI is InChI=1S/C26H28N4O4/c1-16-10-12-23(34-5)21(14-16)27-24(31)13-11-18-17(2)29(3)25-15-20(28-30(25)26(18)32)19-8-6-7-9-22(19)33-4/h6-10,12,14-15H,11,13H2,1-5H3,(H,27,31). The van der Waals surface area contributed by atoms with Crippen molar-refractivity contribution in [2.75, 3.05) is 19.5 Å². The number of hydrogen-bond acceptors (Lipinski definition) is 5. The molecular formula is C26H28N4O4. The number of aryl methyl sites for hydroxylation is 2. The molecular weight excluding hydrogens is 432 g/mol. The lowest BCUT2D eigenvalue weighted by molar-refractivity contribution is -0.116. The van der Waals surface area contributed by atoms with Crippen LogP contribution in [0.5, 0.6) is 11.5 Å². The van der Waals surface area contributed by atoms with Gasteiger partial charge in [0.1, 0.15) is 17.1 Å². The number of aromatic nitrogens is 3. The molecule has 34 heavy (non-hydrogen) atoms. The first-order valence-corrected chi connectivity index (χ1v) is 11.0. The first kappa shape index (κ1) is 23.1. The number of nitrogens with one attached hydrogen (secondary N) is 1. The lowest BCUT2D eigenvalue weighted by Gasteiger charge is -2.13. The van der Waals surface area contributed by atoms with Crippen molar-refractivity contribution < 1.29 is 14.3 Å². The van der Waals surface area contributed by atoms with Gasteiger partial charge in [-0.1, -0.05) is 18.2 Å². The number of carbonyl (C=O) groups is 1. The maximum atomic E-state index is 13.3. The van der Waals surface area contributed by atoms with E-state index in [1.54, 1.807) is 14.2 Å². The number of amides is 1. The Hall–Kier alpha value is -4.07.